The summed E-state index contributed by atoms with van der Waals surface area (Å²) >= 11 is 0. The summed E-state index contributed by atoms with van der Waals surface area (Å²) in [5.41, 5.74) is 35.2. The number of fused-ring (bicyclic) bond motifs is 21. The average Bonchev–Trinajstić information content (AvgIpc) is 1.49. The number of para-hydroxylation sites is 3. The fourth-order valence-corrected chi connectivity index (χ4v) is 21.4. The molecule has 6 heterocycles. The molecule has 29 aromatic rings. The first-order valence-electron chi connectivity index (χ1n) is 49.6. The summed E-state index contributed by atoms with van der Waals surface area (Å²) in [5.74, 6) is 2.08. The molecule has 147 heavy (non-hydrogen) atoms. The first-order valence-corrected chi connectivity index (χ1v) is 49.6. The van der Waals surface area contributed by atoms with Crippen LogP contribution in [-0.2, 0) is 0 Å². The van der Waals surface area contributed by atoms with E-state index in [-0.39, 0.29) is 0 Å². The summed E-state index contributed by atoms with van der Waals surface area (Å²) in [4.78, 5) is 31.2. The fourth-order valence-electron chi connectivity index (χ4n) is 21.4. The van der Waals surface area contributed by atoms with Crippen LogP contribution in [0.3, 0.4) is 0 Å². The number of aromatic nitrogens is 6. The average molecular weight is 1880 g/mol. The number of hydrogen-bond donors (Lipinski definition) is 0. The molecule has 0 saturated carbocycles. The van der Waals surface area contributed by atoms with Gasteiger partial charge in [-0.05, 0) is 218 Å². The molecule has 0 unspecified atom stereocenters. The Morgan fingerprint density at radius 1 is 0.116 bits per heavy atom. The van der Waals surface area contributed by atoms with Crippen molar-refractivity contribution in [3.05, 3.63) is 522 Å². The molecular weight excluding hydrogens is 1790 g/mol. The van der Waals surface area contributed by atoms with E-state index in [9.17, 15) is 0 Å². The van der Waals surface area contributed by atoms with Crippen molar-refractivity contribution < 1.29 is 13.3 Å². The van der Waals surface area contributed by atoms with Crippen molar-refractivity contribution in [3.63, 3.8) is 0 Å². The summed E-state index contributed by atoms with van der Waals surface area (Å²) < 4.78 is 18.8. The first-order chi connectivity index (χ1) is 72.8. The van der Waals surface area contributed by atoms with Gasteiger partial charge in [-0.25, -0.2) is 29.9 Å². The molecule has 0 aliphatic rings. The first kappa shape index (κ1) is 86.4. The van der Waals surface area contributed by atoms with Gasteiger partial charge in [0.2, 0.25) is 0 Å². The fraction of sp³-hybridized carbons (Fsp3) is 0. The van der Waals surface area contributed by atoms with Gasteiger partial charge in [-0.1, -0.05) is 425 Å². The predicted molar refractivity (Wildman–Crippen MR) is 609 cm³/mol. The zero-order valence-corrected chi connectivity index (χ0v) is 79.6. The van der Waals surface area contributed by atoms with Crippen LogP contribution in [0, 0.1) is 0 Å². The van der Waals surface area contributed by atoms with Gasteiger partial charge in [-0.15, -0.1) is 0 Å². The quantitative estimate of drug-likeness (QED) is 0.0981. The SMILES string of the molecule is c1ccc(-c2ccc(-c3cccc(-c4cccc(-c5nc(-c6ccccc6)nc6ccc7oc8ccccc8c7c56)c4)c3)cc2)cc1.c1ccc(-c2ccccc2-c2cccc(-c3cccc(-c4nc(-c5ccccc5)c5c(ccc6oc7ccccc7c65)n4)c3)c2)cc1.c1ccc(-c2nc(-c3cccc(-c4cccc(-c5ccc6c7ccccc7c7ccccc7c6c5)c4)c3)nc3ccc4oc5ccccc5c4c23)cc1. The lowest BCUT2D eigenvalue weighted by molar-refractivity contribution is 0.669. The Hall–Kier alpha value is -19.7. The van der Waals surface area contributed by atoms with E-state index >= 15 is 0 Å². The summed E-state index contributed by atoms with van der Waals surface area (Å²) in [6.07, 6.45) is 0. The van der Waals surface area contributed by atoms with E-state index < -0.39 is 0 Å². The third-order valence-corrected chi connectivity index (χ3v) is 28.4. The van der Waals surface area contributed by atoms with Crippen LogP contribution in [0.1, 0.15) is 0 Å². The molecule has 0 aliphatic heterocycles. The van der Waals surface area contributed by atoms with Gasteiger partial charge >= 0.3 is 0 Å². The molecule has 0 amide bonds. The maximum absolute atomic E-state index is 6.29. The summed E-state index contributed by atoms with van der Waals surface area (Å²) in [7, 11) is 0. The Bertz CT molecular complexity index is 10200. The number of furan rings is 3. The molecule has 0 saturated heterocycles. The minimum atomic E-state index is 0.690. The Labute approximate surface area is 846 Å². The van der Waals surface area contributed by atoms with Crippen LogP contribution in [0.15, 0.2) is 535 Å². The molecule has 0 atom stereocenters. The largest absolute Gasteiger partial charge is 0.456 e. The highest BCUT2D eigenvalue weighted by Gasteiger charge is 2.25. The van der Waals surface area contributed by atoms with E-state index in [4.69, 9.17) is 43.2 Å². The zero-order valence-electron chi connectivity index (χ0n) is 79.6. The van der Waals surface area contributed by atoms with Gasteiger partial charge in [0.1, 0.15) is 33.5 Å². The Morgan fingerprint density at radius 3 is 0.755 bits per heavy atom. The van der Waals surface area contributed by atoms with Gasteiger partial charge in [0, 0.05) is 81.9 Å². The van der Waals surface area contributed by atoms with Crippen LogP contribution in [0.4, 0.5) is 0 Å². The van der Waals surface area contributed by atoms with Crippen LogP contribution < -0.4 is 0 Å². The monoisotopic (exact) mass is 1870 g/mol. The van der Waals surface area contributed by atoms with Crippen molar-refractivity contribution in [2.24, 2.45) is 0 Å². The van der Waals surface area contributed by atoms with Gasteiger partial charge in [0.25, 0.3) is 0 Å². The normalized spacial score (nSPS) is 11.5. The summed E-state index contributed by atoms with van der Waals surface area (Å²) in [6.45, 7) is 0. The lowest BCUT2D eigenvalue weighted by Gasteiger charge is -2.13. The van der Waals surface area contributed by atoms with E-state index in [1.54, 1.807) is 0 Å². The molecule has 0 radical (unpaired) electrons. The van der Waals surface area contributed by atoms with Crippen LogP contribution in [0.2, 0.25) is 0 Å². The third kappa shape index (κ3) is 16.1. The highest BCUT2D eigenvalue weighted by atomic mass is 16.3. The van der Waals surface area contributed by atoms with E-state index in [2.05, 4.69) is 419 Å². The zero-order chi connectivity index (χ0) is 97.2. The molecule has 23 aromatic carbocycles. The maximum atomic E-state index is 6.29. The van der Waals surface area contributed by atoms with Crippen molar-refractivity contribution in [2.45, 2.75) is 0 Å². The van der Waals surface area contributed by atoms with Gasteiger partial charge in [0.05, 0.1) is 33.6 Å². The van der Waals surface area contributed by atoms with Gasteiger partial charge in [0.15, 0.2) is 17.5 Å². The third-order valence-electron chi connectivity index (χ3n) is 28.4. The number of rotatable bonds is 14. The van der Waals surface area contributed by atoms with Crippen LogP contribution in [-0.4, -0.2) is 29.9 Å². The van der Waals surface area contributed by atoms with Crippen molar-refractivity contribution in [3.8, 4) is 157 Å². The molecule has 6 aromatic heterocycles. The molecule has 29 rings (SSSR count). The van der Waals surface area contributed by atoms with Crippen LogP contribution >= 0.6 is 0 Å². The highest BCUT2D eigenvalue weighted by Crippen LogP contribution is 2.48. The van der Waals surface area contributed by atoms with Crippen molar-refractivity contribution >= 4 is 131 Å². The minimum Gasteiger partial charge on any atom is -0.456 e. The van der Waals surface area contributed by atoms with E-state index in [1.807, 2.05) is 103 Å². The lowest BCUT2D eigenvalue weighted by atomic mass is 9.91. The minimum absolute atomic E-state index is 0.690. The van der Waals surface area contributed by atoms with Crippen molar-refractivity contribution in [1.29, 1.82) is 0 Å². The van der Waals surface area contributed by atoms with E-state index in [1.165, 1.54) is 88.0 Å². The van der Waals surface area contributed by atoms with Gasteiger partial charge in [-0.3, -0.25) is 0 Å². The topological polar surface area (TPSA) is 117 Å². The molecule has 0 aliphatic carbocycles. The molecular formula is C138H86N6O3. The molecule has 686 valence electrons. The van der Waals surface area contributed by atoms with E-state index in [0.29, 0.717) is 17.5 Å². The van der Waals surface area contributed by atoms with Crippen LogP contribution in [0.5, 0.6) is 0 Å². The molecule has 9 nitrogen and oxygen atoms in total. The van der Waals surface area contributed by atoms with E-state index in [0.717, 1.165) is 182 Å². The lowest BCUT2D eigenvalue weighted by Crippen LogP contribution is -1.96. The predicted octanol–water partition coefficient (Wildman–Crippen LogP) is 37.4. The maximum Gasteiger partial charge on any atom is 0.160 e. The van der Waals surface area contributed by atoms with Gasteiger partial charge in [-0.2, -0.15) is 0 Å². The second-order valence-corrected chi connectivity index (χ2v) is 37.3. The second kappa shape index (κ2) is 37.0. The highest BCUT2D eigenvalue weighted by molar-refractivity contribution is 6.27. The second-order valence-electron chi connectivity index (χ2n) is 37.3. The Kier molecular flexibility index (Phi) is 21.8. The standard InChI is InChI=1S/C50H30N2O.2C44H28N2O/c1-2-12-31(13-3-1)49-48-44(26-27-46-47(48)42-22-8-9-23-45(42)53-46)51-50(52-49)36-17-11-16-34(29-36)32-14-10-15-33(28-32)35-24-25-41-39-20-5-4-18-37(39)38-19-6-7-21-40(38)43(41)30-35;1-3-11-29(12-4-1)30-21-23-31(24-22-30)33-15-9-16-34(27-33)35-17-10-18-36(28-35)43-42-38(45-44(46-43)32-13-5-2-6-14-32)25-26-40-41(42)37-19-7-8-20-39(37)47-40;1-3-13-29(14-4-1)35-21-7-8-22-36(35)33-19-11-17-31(27-33)32-18-12-20-34(28-32)44-45-38-25-26-40-41(37-23-9-10-24-39(37)47-40)42(38)43(46-44)30-15-5-2-6-16-30/h1-30H;2*1-28H. The number of benzene rings is 23. The molecule has 0 bridgehead atoms. The molecule has 0 N–H and O–H groups in total. The Morgan fingerprint density at radius 2 is 0.354 bits per heavy atom. The smallest absolute Gasteiger partial charge is 0.160 e. The molecule has 9 heteroatoms. The van der Waals surface area contributed by atoms with Crippen molar-refractivity contribution in [1.82, 2.24) is 29.9 Å². The van der Waals surface area contributed by atoms with Crippen LogP contribution in [0.25, 0.3) is 288 Å². The molecule has 0 fully saturated rings. The van der Waals surface area contributed by atoms with Crippen molar-refractivity contribution in [2.75, 3.05) is 0 Å². The molecule has 0 spiro atoms. The van der Waals surface area contributed by atoms with Gasteiger partial charge < -0.3 is 13.3 Å². The number of nitrogens with zero attached hydrogens (tertiary/aromatic N) is 6. The summed E-state index contributed by atoms with van der Waals surface area (Å²) in [5, 5.41) is 17.0. The summed E-state index contributed by atoms with van der Waals surface area (Å²) in [6, 6.07) is 183. The number of hydrogen-bond acceptors (Lipinski definition) is 9. The Balaban J connectivity index is 0.000000109.